The van der Waals surface area contributed by atoms with Gasteiger partial charge in [0.2, 0.25) is 5.78 Å². The summed E-state index contributed by atoms with van der Waals surface area (Å²) in [5.74, 6) is -0.130. The van der Waals surface area contributed by atoms with E-state index in [9.17, 15) is 4.79 Å². The number of pyridine rings is 1. The van der Waals surface area contributed by atoms with Crippen LogP contribution in [0.25, 0.3) is 5.69 Å². The normalized spacial score (nSPS) is 10.4. The van der Waals surface area contributed by atoms with Crippen LogP contribution in [-0.4, -0.2) is 20.5 Å². The Labute approximate surface area is 116 Å². The van der Waals surface area contributed by atoms with Gasteiger partial charge in [-0.15, -0.1) is 0 Å². The molecule has 0 aliphatic rings. The van der Waals surface area contributed by atoms with Crippen molar-refractivity contribution in [3.63, 3.8) is 0 Å². The zero-order chi connectivity index (χ0) is 13.9. The van der Waals surface area contributed by atoms with Gasteiger partial charge in [-0.2, -0.15) is 5.10 Å². The Hall–Kier alpha value is -2.75. The number of carbonyl (C=O) groups is 1. The van der Waals surface area contributed by atoms with E-state index in [0.717, 1.165) is 11.3 Å². The Bertz CT molecular complexity index is 747. The number of rotatable bonds is 3. The number of hydrogen-bond donors (Lipinski definition) is 0. The molecule has 0 aliphatic carbocycles. The Morgan fingerprint density at radius 2 is 1.85 bits per heavy atom. The molecule has 0 unspecified atom stereocenters. The monoisotopic (exact) mass is 263 g/mol. The molecule has 0 amide bonds. The zero-order valence-corrected chi connectivity index (χ0v) is 11.0. The number of para-hydroxylation sites is 1. The van der Waals surface area contributed by atoms with Gasteiger partial charge in [0.15, 0.2) is 0 Å². The molecule has 3 rings (SSSR count). The predicted molar refractivity (Wildman–Crippen MR) is 76.0 cm³/mol. The molecule has 0 spiro atoms. The van der Waals surface area contributed by atoms with Crippen LogP contribution in [0.4, 0.5) is 0 Å². The highest BCUT2D eigenvalue weighted by atomic mass is 16.1. The van der Waals surface area contributed by atoms with Crippen molar-refractivity contribution < 1.29 is 4.79 Å². The van der Waals surface area contributed by atoms with Gasteiger partial charge in [0.25, 0.3) is 0 Å². The van der Waals surface area contributed by atoms with Gasteiger partial charge in [0.05, 0.1) is 11.9 Å². The molecule has 0 saturated carbocycles. The van der Waals surface area contributed by atoms with Gasteiger partial charge >= 0.3 is 0 Å². The second-order valence-electron chi connectivity index (χ2n) is 4.51. The lowest BCUT2D eigenvalue weighted by Crippen LogP contribution is -2.11. The van der Waals surface area contributed by atoms with Crippen LogP contribution in [0.15, 0.2) is 60.9 Å². The van der Waals surface area contributed by atoms with E-state index in [1.807, 2.05) is 43.3 Å². The fourth-order valence-electron chi connectivity index (χ4n) is 2.04. The number of ketones is 1. The van der Waals surface area contributed by atoms with Gasteiger partial charge in [-0.25, -0.2) is 4.68 Å². The van der Waals surface area contributed by atoms with E-state index in [2.05, 4.69) is 10.1 Å². The molecule has 98 valence electrons. The van der Waals surface area contributed by atoms with Gasteiger partial charge in [-0.1, -0.05) is 18.2 Å². The molecule has 4 nitrogen and oxygen atoms in total. The number of aromatic nitrogens is 3. The lowest BCUT2D eigenvalue weighted by Gasteiger charge is -2.06. The van der Waals surface area contributed by atoms with Gasteiger partial charge in [0, 0.05) is 6.20 Å². The van der Waals surface area contributed by atoms with Crippen LogP contribution >= 0.6 is 0 Å². The molecule has 0 atom stereocenters. The molecular formula is C16H13N3O. The van der Waals surface area contributed by atoms with E-state index in [-0.39, 0.29) is 5.78 Å². The molecule has 2 aromatic heterocycles. The lowest BCUT2D eigenvalue weighted by atomic mass is 10.1. The summed E-state index contributed by atoms with van der Waals surface area (Å²) in [4.78, 5) is 16.7. The van der Waals surface area contributed by atoms with E-state index in [4.69, 9.17) is 0 Å². The van der Waals surface area contributed by atoms with Gasteiger partial charge in [0.1, 0.15) is 11.4 Å². The number of benzene rings is 1. The Balaban J connectivity index is 2.04. The Morgan fingerprint density at radius 3 is 2.60 bits per heavy atom. The first kappa shape index (κ1) is 12.3. The van der Waals surface area contributed by atoms with Crippen molar-refractivity contribution >= 4 is 5.78 Å². The van der Waals surface area contributed by atoms with Crippen LogP contribution in [-0.2, 0) is 0 Å². The lowest BCUT2D eigenvalue weighted by molar-refractivity contribution is 0.102. The van der Waals surface area contributed by atoms with E-state index in [0.29, 0.717) is 11.4 Å². The van der Waals surface area contributed by atoms with Crippen LogP contribution < -0.4 is 0 Å². The molecule has 0 saturated heterocycles. The summed E-state index contributed by atoms with van der Waals surface area (Å²) in [5, 5.41) is 4.22. The highest BCUT2D eigenvalue weighted by Gasteiger charge is 2.16. The maximum Gasteiger partial charge on any atom is 0.229 e. The highest BCUT2D eigenvalue weighted by molar-refractivity contribution is 6.06. The molecule has 0 aliphatic heterocycles. The summed E-state index contributed by atoms with van der Waals surface area (Å²) in [6, 6.07) is 14.9. The first-order valence-electron chi connectivity index (χ1n) is 6.32. The van der Waals surface area contributed by atoms with Gasteiger partial charge < -0.3 is 0 Å². The third kappa shape index (κ3) is 2.23. The van der Waals surface area contributed by atoms with Crippen LogP contribution in [0.2, 0.25) is 0 Å². The maximum absolute atomic E-state index is 12.5. The van der Waals surface area contributed by atoms with Crippen molar-refractivity contribution in [3.05, 3.63) is 77.9 Å². The van der Waals surface area contributed by atoms with Crippen molar-refractivity contribution in [2.24, 2.45) is 0 Å². The Kier molecular flexibility index (Phi) is 3.13. The minimum absolute atomic E-state index is 0.130. The molecule has 0 fully saturated rings. The second-order valence-corrected chi connectivity index (χ2v) is 4.51. The summed E-state index contributed by atoms with van der Waals surface area (Å²) >= 11 is 0. The molecule has 3 aromatic rings. The topological polar surface area (TPSA) is 47.8 Å². The number of nitrogens with zero attached hydrogens (tertiary/aromatic N) is 3. The van der Waals surface area contributed by atoms with Crippen molar-refractivity contribution in [2.45, 2.75) is 6.92 Å². The summed E-state index contributed by atoms with van der Waals surface area (Å²) in [7, 11) is 0. The van der Waals surface area contributed by atoms with Crippen molar-refractivity contribution in [2.75, 3.05) is 0 Å². The molecule has 0 N–H and O–H groups in total. The molecule has 20 heavy (non-hydrogen) atoms. The molecular weight excluding hydrogens is 250 g/mol. The fraction of sp³-hybridized carbons (Fsp3) is 0.0625. The largest absolute Gasteiger partial charge is 0.285 e. The summed E-state index contributed by atoms with van der Waals surface area (Å²) in [5.41, 5.74) is 2.81. The second kappa shape index (κ2) is 5.09. The van der Waals surface area contributed by atoms with E-state index >= 15 is 0 Å². The molecule has 2 heterocycles. The minimum atomic E-state index is -0.130. The predicted octanol–water partition coefficient (Wildman–Crippen LogP) is 2.81. The molecule has 1 aromatic carbocycles. The van der Waals surface area contributed by atoms with E-state index in [1.54, 1.807) is 29.2 Å². The fourth-order valence-corrected chi connectivity index (χ4v) is 2.04. The standard InChI is InChI=1S/C16H13N3O/c1-12-7-9-17-14(11-12)16(20)15-8-10-18-19(15)13-5-3-2-4-6-13/h2-11H,1H3. The highest BCUT2D eigenvalue weighted by Crippen LogP contribution is 2.14. The first-order valence-corrected chi connectivity index (χ1v) is 6.32. The van der Waals surface area contributed by atoms with Crippen LogP contribution in [0, 0.1) is 6.92 Å². The van der Waals surface area contributed by atoms with Crippen LogP contribution in [0.1, 0.15) is 21.7 Å². The maximum atomic E-state index is 12.5. The number of carbonyl (C=O) groups excluding carboxylic acids is 1. The SMILES string of the molecule is Cc1ccnc(C(=O)c2ccnn2-c2ccccc2)c1. The number of aryl methyl sites for hydroxylation is 1. The summed E-state index contributed by atoms with van der Waals surface area (Å²) in [6.45, 7) is 1.94. The van der Waals surface area contributed by atoms with E-state index in [1.165, 1.54) is 0 Å². The smallest absolute Gasteiger partial charge is 0.229 e. The number of hydrogen-bond acceptors (Lipinski definition) is 3. The van der Waals surface area contributed by atoms with Crippen molar-refractivity contribution in [3.8, 4) is 5.69 Å². The first-order chi connectivity index (χ1) is 9.75. The van der Waals surface area contributed by atoms with Crippen molar-refractivity contribution in [1.82, 2.24) is 14.8 Å². The van der Waals surface area contributed by atoms with Gasteiger partial charge in [-0.05, 0) is 42.8 Å². The summed E-state index contributed by atoms with van der Waals surface area (Å²) in [6.07, 6.45) is 3.27. The molecule has 0 radical (unpaired) electrons. The third-order valence-corrected chi connectivity index (χ3v) is 3.02. The van der Waals surface area contributed by atoms with Gasteiger partial charge in [-0.3, -0.25) is 9.78 Å². The van der Waals surface area contributed by atoms with E-state index < -0.39 is 0 Å². The average molecular weight is 263 g/mol. The summed E-state index contributed by atoms with van der Waals surface area (Å²) < 4.78 is 1.63. The van der Waals surface area contributed by atoms with Crippen molar-refractivity contribution in [1.29, 1.82) is 0 Å². The third-order valence-electron chi connectivity index (χ3n) is 3.02. The zero-order valence-electron chi connectivity index (χ0n) is 11.0. The average Bonchev–Trinajstić information content (AvgIpc) is 2.97. The molecule has 4 heteroatoms. The van der Waals surface area contributed by atoms with Crippen LogP contribution in [0.5, 0.6) is 0 Å². The van der Waals surface area contributed by atoms with Crippen LogP contribution in [0.3, 0.4) is 0 Å². The molecule has 0 bridgehead atoms. The Morgan fingerprint density at radius 1 is 1.05 bits per heavy atom. The minimum Gasteiger partial charge on any atom is -0.285 e. The quantitative estimate of drug-likeness (QED) is 0.683.